The van der Waals surface area contributed by atoms with Crippen molar-refractivity contribution in [3.8, 4) is 11.5 Å². The molecule has 0 aliphatic heterocycles. The van der Waals surface area contributed by atoms with Crippen LogP contribution in [0.1, 0.15) is 18.3 Å². The third kappa shape index (κ3) is 6.52. The molecule has 0 atom stereocenters. The maximum atomic E-state index is 5.38. The van der Waals surface area contributed by atoms with E-state index in [0.29, 0.717) is 18.0 Å². The molecule has 0 aliphatic carbocycles. The molecular formula is C17H26BrIN6O2. The number of rotatable bonds is 8. The van der Waals surface area contributed by atoms with Gasteiger partial charge in [0.2, 0.25) is 0 Å². The smallest absolute Gasteiger partial charge is 0.191 e. The minimum Gasteiger partial charge on any atom is -0.493 e. The quantitative estimate of drug-likeness (QED) is 0.297. The Morgan fingerprint density at radius 3 is 2.67 bits per heavy atom. The van der Waals surface area contributed by atoms with E-state index in [-0.39, 0.29) is 24.0 Å². The number of hydrogen-bond acceptors (Lipinski definition) is 5. The Bertz CT molecular complexity index is 753. The van der Waals surface area contributed by atoms with Crippen LogP contribution < -0.4 is 20.1 Å². The van der Waals surface area contributed by atoms with Crippen LogP contribution in [0.2, 0.25) is 0 Å². The molecule has 10 heteroatoms. The lowest BCUT2D eigenvalue weighted by Gasteiger charge is -2.15. The van der Waals surface area contributed by atoms with Crippen LogP contribution in [0.3, 0.4) is 0 Å². The van der Waals surface area contributed by atoms with Gasteiger partial charge in [0.15, 0.2) is 17.5 Å². The Labute approximate surface area is 185 Å². The lowest BCUT2D eigenvalue weighted by molar-refractivity contribution is 0.352. The number of guanidine groups is 1. The highest BCUT2D eigenvalue weighted by atomic mass is 127. The molecule has 0 aliphatic rings. The molecular weight excluding hydrogens is 527 g/mol. The Morgan fingerprint density at radius 1 is 1.26 bits per heavy atom. The summed E-state index contributed by atoms with van der Waals surface area (Å²) in [4.78, 5) is 4.25. The van der Waals surface area contributed by atoms with Gasteiger partial charge >= 0.3 is 0 Å². The van der Waals surface area contributed by atoms with Crippen molar-refractivity contribution in [1.82, 2.24) is 25.4 Å². The summed E-state index contributed by atoms with van der Waals surface area (Å²) in [5, 5.41) is 14.6. The molecule has 0 bridgehead atoms. The normalized spacial score (nSPS) is 10.9. The molecule has 1 heterocycles. The van der Waals surface area contributed by atoms with E-state index in [1.54, 1.807) is 27.6 Å². The first kappa shape index (κ1) is 23.5. The first-order valence-electron chi connectivity index (χ1n) is 8.34. The lowest BCUT2D eigenvalue weighted by Crippen LogP contribution is -2.38. The van der Waals surface area contributed by atoms with Crippen molar-refractivity contribution in [3.05, 3.63) is 34.3 Å². The standard InChI is InChI=1S/C17H25BrN6O2.HI/c1-5-15-23-22-11-24(15)7-6-20-17(19-2)21-10-12-8-13(18)16(26-4)14(9-12)25-3;/h8-9,11H,5-7,10H2,1-4H3,(H2,19,20,21);1H. The Hall–Kier alpha value is -1.56. The minimum atomic E-state index is 0. The molecule has 1 aromatic heterocycles. The Morgan fingerprint density at radius 2 is 2.04 bits per heavy atom. The molecule has 2 aromatic rings. The van der Waals surface area contributed by atoms with Crippen molar-refractivity contribution in [2.75, 3.05) is 27.8 Å². The maximum absolute atomic E-state index is 5.38. The van der Waals surface area contributed by atoms with Gasteiger partial charge < -0.3 is 24.7 Å². The largest absolute Gasteiger partial charge is 0.493 e. The highest BCUT2D eigenvalue weighted by Gasteiger charge is 2.11. The number of nitrogens with zero attached hydrogens (tertiary/aromatic N) is 4. The number of halogens is 2. The number of ether oxygens (including phenoxy) is 2. The zero-order chi connectivity index (χ0) is 18.9. The molecule has 0 spiro atoms. The summed E-state index contributed by atoms with van der Waals surface area (Å²) in [6.07, 6.45) is 2.61. The van der Waals surface area contributed by atoms with Gasteiger partial charge in [-0.1, -0.05) is 6.92 Å². The van der Waals surface area contributed by atoms with Crippen LogP contribution in [0.5, 0.6) is 11.5 Å². The summed E-state index contributed by atoms with van der Waals surface area (Å²) >= 11 is 3.51. The van der Waals surface area contributed by atoms with E-state index in [1.807, 2.05) is 16.7 Å². The number of benzene rings is 1. The van der Waals surface area contributed by atoms with Crippen molar-refractivity contribution >= 4 is 45.9 Å². The van der Waals surface area contributed by atoms with Crippen molar-refractivity contribution in [2.24, 2.45) is 4.99 Å². The maximum Gasteiger partial charge on any atom is 0.191 e. The highest BCUT2D eigenvalue weighted by molar-refractivity contribution is 14.0. The van der Waals surface area contributed by atoms with Crippen LogP contribution in [0.25, 0.3) is 0 Å². The number of methoxy groups -OCH3 is 2. The topological polar surface area (TPSA) is 85.6 Å². The van der Waals surface area contributed by atoms with E-state index in [0.717, 1.165) is 41.3 Å². The van der Waals surface area contributed by atoms with E-state index >= 15 is 0 Å². The second-order valence-corrected chi connectivity index (χ2v) is 6.31. The summed E-state index contributed by atoms with van der Waals surface area (Å²) in [6, 6.07) is 3.93. The zero-order valence-electron chi connectivity index (χ0n) is 16.0. The third-order valence-electron chi connectivity index (χ3n) is 3.83. The fraction of sp³-hybridized carbons (Fsp3) is 0.471. The van der Waals surface area contributed by atoms with Crippen molar-refractivity contribution in [2.45, 2.75) is 26.4 Å². The SMILES string of the molecule is CCc1nncn1CCNC(=NC)NCc1cc(Br)c(OC)c(OC)c1.I. The highest BCUT2D eigenvalue weighted by Crippen LogP contribution is 2.36. The Kier molecular flexibility index (Phi) is 10.4. The van der Waals surface area contributed by atoms with E-state index in [1.165, 1.54) is 0 Å². The first-order valence-corrected chi connectivity index (χ1v) is 9.13. The van der Waals surface area contributed by atoms with Gasteiger partial charge in [0, 0.05) is 33.1 Å². The third-order valence-corrected chi connectivity index (χ3v) is 4.42. The molecule has 2 rings (SSSR count). The van der Waals surface area contributed by atoms with Gasteiger partial charge in [-0.25, -0.2) is 0 Å². The molecule has 0 amide bonds. The van der Waals surface area contributed by atoms with Crippen LogP contribution >= 0.6 is 39.9 Å². The molecule has 0 saturated carbocycles. The molecule has 1 aromatic carbocycles. The first-order chi connectivity index (χ1) is 12.6. The van der Waals surface area contributed by atoms with Crippen LogP contribution in [-0.2, 0) is 19.5 Å². The molecule has 0 unspecified atom stereocenters. The van der Waals surface area contributed by atoms with Crippen LogP contribution in [0.4, 0.5) is 0 Å². The fourth-order valence-electron chi connectivity index (χ4n) is 2.51. The minimum absolute atomic E-state index is 0. The van der Waals surface area contributed by atoms with E-state index in [2.05, 4.69) is 48.7 Å². The average Bonchev–Trinajstić information content (AvgIpc) is 3.11. The molecule has 0 fully saturated rings. The fourth-order valence-corrected chi connectivity index (χ4v) is 3.17. The van der Waals surface area contributed by atoms with E-state index in [9.17, 15) is 0 Å². The van der Waals surface area contributed by atoms with Gasteiger partial charge in [0.25, 0.3) is 0 Å². The number of nitrogens with one attached hydrogen (secondary N) is 2. The second kappa shape index (κ2) is 12.0. The van der Waals surface area contributed by atoms with Crippen LogP contribution in [-0.4, -0.2) is 48.5 Å². The van der Waals surface area contributed by atoms with Crippen molar-refractivity contribution < 1.29 is 9.47 Å². The number of aryl methyl sites for hydroxylation is 1. The van der Waals surface area contributed by atoms with Gasteiger partial charge in [-0.3, -0.25) is 4.99 Å². The molecule has 27 heavy (non-hydrogen) atoms. The summed E-state index contributed by atoms with van der Waals surface area (Å²) in [5.74, 6) is 3.06. The van der Waals surface area contributed by atoms with Gasteiger partial charge in [-0.15, -0.1) is 34.2 Å². The van der Waals surface area contributed by atoms with Gasteiger partial charge in [0.05, 0.1) is 18.7 Å². The summed E-state index contributed by atoms with van der Waals surface area (Å²) in [7, 11) is 4.99. The monoisotopic (exact) mass is 552 g/mol. The zero-order valence-corrected chi connectivity index (χ0v) is 19.9. The molecule has 0 saturated heterocycles. The van der Waals surface area contributed by atoms with E-state index in [4.69, 9.17) is 9.47 Å². The molecule has 2 N–H and O–H groups in total. The number of aliphatic imine (C=N–C) groups is 1. The second-order valence-electron chi connectivity index (χ2n) is 5.46. The molecule has 8 nitrogen and oxygen atoms in total. The average molecular weight is 553 g/mol. The van der Waals surface area contributed by atoms with Gasteiger partial charge in [0.1, 0.15) is 12.2 Å². The lowest BCUT2D eigenvalue weighted by atomic mass is 10.2. The van der Waals surface area contributed by atoms with Gasteiger partial charge in [-0.05, 0) is 33.6 Å². The van der Waals surface area contributed by atoms with Crippen molar-refractivity contribution in [3.63, 3.8) is 0 Å². The molecule has 0 radical (unpaired) electrons. The Balaban J connectivity index is 0.00000364. The number of hydrogen-bond donors (Lipinski definition) is 2. The number of aromatic nitrogens is 3. The molecule has 150 valence electrons. The summed E-state index contributed by atoms with van der Waals surface area (Å²) in [6.45, 7) is 4.17. The van der Waals surface area contributed by atoms with Crippen molar-refractivity contribution in [1.29, 1.82) is 0 Å². The predicted octanol–water partition coefficient (Wildman–Crippen LogP) is 2.60. The van der Waals surface area contributed by atoms with E-state index < -0.39 is 0 Å². The predicted molar refractivity (Wildman–Crippen MR) is 120 cm³/mol. The van der Waals surface area contributed by atoms with Crippen LogP contribution in [0, 0.1) is 0 Å². The summed E-state index contributed by atoms with van der Waals surface area (Å²) in [5.41, 5.74) is 1.05. The summed E-state index contributed by atoms with van der Waals surface area (Å²) < 4.78 is 13.6. The van der Waals surface area contributed by atoms with Crippen LogP contribution in [0.15, 0.2) is 27.9 Å². The van der Waals surface area contributed by atoms with Gasteiger partial charge in [-0.2, -0.15) is 0 Å².